The molecule has 0 aliphatic rings. The van der Waals surface area contributed by atoms with Crippen LogP contribution in [0.15, 0.2) is 18.5 Å². The summed E-state index contributed by atoms with van der Waals surface area (Å²) in [6.45, 7) is 8.84. The number of carbonyl (C=O) groups excluding carboxylic acids is 1. The second-order valence-electron chi connectivity index (χ2n) is 7.02. The molecular weight excluding hydrogens is 476 g/mol. The van der Waals surface area contributed by atoms with Crippen molar-refractivity contribution in [3.05, 3.63) is 24.3 Å². The Morgan fingerprint density at radius 1 is 0.583 bits per heavy atom. The summed E-state index contributed by atoms with van der Waals surface area (Å²) < 4.78 is 43.0. The SMILES string of the molecule is NCCOCCOCCOCCOCCOCCOCCOCCOCCNC(=O)c1ncccn1. The Hall–Kier alpha value is -1.81. The zero-order chi connectivity index (χ0) is 25.8. The number of nitrogens with zero attached hydrogens (tertiary/aromatic N) is 2. The maximum absolute atomic E-state index is 11.7. The van der Waals surface area contributed by atoms with Gasteiger partial charge in [0.1, 0.15) is 0 Å². The van der Waals surface area contributed by atoms with Crippen molar-refractivity contribution < 1.29 is 42.7 Å². The summed E-state index contributed by atoms with van der Waals surface area (Å²) in [5.74, 6) is -0.187. The van der Waals surface area contributed by atoms with E-state index in [9.17, 15) is 4.79 Å². The molecule has 1 amide bonds. The molecule has 0 bridgehead atoms. The molecule has 208 valence electrons. The quantitative estimate of drug-likeness (QED) is 0.141. The van der Waals surface area contributed by atoms with Crippen LogP contribution in [0.25, 0.3) is 0 Å². The molecular formula is C23H42N4O9. The minimum atomic E-state index is -0.326. The number of hydrogen-bond donors (Lipinski definition) is 2. The molecule has 1 rings (SSSR count). The lowest BCUT2D eigenvalue weighted by Crippen LogP contribution is -2.29. The number of aromatic nitrogens is 2. The molecule has 1 aromatic heterocycles. The lowest BCUT2D eigenvalue weighted by atomic mass is 10.5. The standard InChI is InChI=1S/C23H42N4O9/c24-2-6-29-8-10-31-12-14-33-16-18-35-20-21-36-19-17-34-15-13-32-11-9-30-7-5-27-23(28)22-25-3-1-4-26-22/h1,3-4H,2,5-21,24H2,(H,27,28). The van der Waals surface area contributed by atoms with Crippen LogP contribution >= 0.6 is 0 Å². The molecule has 0 aromatic carbocycles. The molecule has 13 nitrogen and oxygen atoms in total. The van der Waals surface area contributed by atoms with Crippen LogP contribution in [0.3, 0.4) is 0 Å². The van der Waals surface area contributed by atoms with Gasteiger partial charge in [0, 0.05) is 25.5 Å². The average molecular weight is 519 g/mol. The first-order valence-corrected chi connectivity index (χ1v) is 12.2. The summed E-state index contributed by atoms with van der Waals surface area (Å²) in [6, 6.07) is 1.65. The van der Waals surface area contributed by atoms with Crippen molar-refractivity contribution in [2.75, 3.05) is 119 Å². The van der Waals surface area contributed by atoms with Crippen LogP contribution in [0.4, 0.5) is 0 Å². The number of nitrogens with two attached hydrogens (primary N) is 1. The van der Waals surface area contributed by atoms with E-state index in [1.807, 2.05) is 0 Å². The molecule has 0 unspecified atom stereocenters. The third kappa shape index (κ3) is 21.5. The van der Waals surface area contributed by atoms with E-state index in [0.717, 1.165) is 0 Å². The van der Waals surface area contributed by atoms with Crippen molar-refractivity contribution in [2.24, 2.45) is 5.73 Å². The summed E-state index contributed by atoms with van der Waals surface area (Å²) in [5.41, 5.74) is 5.31. The Labute approximate surface area is 213 Å². The van der Waals surface area contributed by atoms with Crippen LogP contribution in [0.5, 0.6) is 0 Å². The van der Waals surface area contributed by atoms with Crippen molar-refractivity contribution in [1.82, 2.24) is 15.3 Å². The molecule has 0 aliphatic heterocycles. The molecule has 36 heavy (non-hydrogen) atoms. The van der Waals surface area contributed by atoms with Gasteiger partial charge in [0.2, 0.25) is 5.82 Å². The highest BCUT2D eigenvalue weighted by atomic mass is 16.6. The fraction of sp³-hybridized carbons (Fsp3) is 0.783. The number of carbonyl (C=O) groups is 1. The zero-order valence-corrected chi connectivity index (χ0v) is 21.1. The smallest absolute Gasteiger partial charge is 0.289 e. The summed E-state index contributed by atoms with van der Waals surface area (Å²) in [4.78, 5) is 19.5. The summed E-state index contributed by atoms with van der Waals surface area (Å²) >= 11 is 0. The number of nitrogens with one attached hydrogen (secondary N) is 1. The van der Waals surface area contributed by atoms with Crippen molar-refractivity contribution in [3.8, 4) is 0 Å². The van der Waals surface area contributed by atoms with Crippen LogP contribution in [0.2, 0.25) is 0 Å². The van der Waals surface area contributed by atoms with Gasteiger partial charge >= 0.3 is 0 Å². The van der Waals surface area contributed by atoms with Crippen molar-refractivity contribution in [1.29, 1.82) is 0 Å². The molecule has 1 heterocycles. The van der Waals surface area contributed by atoms with Gasteiger partial charge in [-0.2, -0.15) is 0 Å². The predicted octanol–water partition coefficient (Wildman–Crippen LogP) is -0.702. The minimum absolute atomic E-state index is 0.139. The topological polar surface area (TPSA) is 155 Å². The first-order valence-electron chi connectivity index (χ1n) is 12.2. The number of ether oxygens (including phenoxy) is 8. The maximum atomic E-state index is 11.7. The monoisotopic (exact) mass is 518 g/mol. The Kier molecular flexibility index (Phi) is 23.5. The van der Waals surface area contributed by atoms with Gasteiger partial charge in [-0.25, -0.2) is 9.97 Å². The van der Waals surface area contributed by atoms with Crippen molar-refractivity contribution in [2.45, 2.75) is 0 Å². The first-order chi connectivity index (χ1) is 17.8. The predicted molar refractivity (Wildman–Crippen MR) is 130 cm³/mol. The largest absolute Gasteiger partial charge is 0.378 e. The van der Waals surface area contributed by atoms with Crippen molar-refractivity contribution in [3.63, 3.8) is 0 Å². The Bertz CT molecular complexity index is 602. The third-order valence-electron chi connectivity index (χ3n) is 4.17. The van der Waals surface area contributed by atoms with E-state index in [-0.39, 0.29) is 11.7 Å². The van der Waals surface area contributed by atoms with Crippen LogP contribution in [-0.4, -0.2) is 135 Å². The number of hydrogen-bond acceptors (Lipinski definition) is 12. The number of amides is 1. The van der Waals surface area contributed by atoms with Crippen LogP contribution < -0.4 is 11.1 Å². The van der Waals surface area contributed by atoms with Crippen molar-refractivity contribution >= 4 is 5.91 Å². The lowest BCUT2D eigenvalue weighted by molar-refractivity contribution is -0.0228. The molecule has 0 atom stereocenters. The van der Waals surface area contributed by atoms with Gasteiger partial charge in [0.15, 0.2) is 0 Å². The lowest BCUT2D eigenvalue weighted by Gasteiger charge is -2.09. The molecule has 13 heteroatoms. The summed E-state index contributed by atoms with van der Waals surface area (Å²) in [7, 11) is 0. The molecule has 0 spiro atoms. The first kappa shape index (κ1) is 32.2. The van der Waals surface area contributed by atoms with Gasteiger partial charge < -0.3 is 48.9 Å². The Balaban J connectivity index is 1.67. The second kappa shape index (κ2) is 26.3. The molecule has 0 aliphatic carbocycles. The third-order valence-corrected chi connectivity index (χ3v) is 4.17. The van der Waals surface area contributed by atoms with Gasteiger partial charge in [-0.3, -0.25) is 4.79 Å². The fourth-order valence-corrected chi connectivity index (χ4v) is 2.46. The van der Waals surface area contributed by atoms with Crippen LogP contribution in [0.1, 0.15) is 10.6 Å². The molecule has 3 N–H and O–H groups in total. The number of rotatable bonds is 27. The van der Waals surface area contributed by atoms with Gasteiger partial charge in [-0.1, -0.05) is 0 Å². The molecule has 0 radical (unpaired) electrons. The highest BCUT2D eigenvalue weighted by Crippen LogP contribution is 1.88. The highest BCUT2D eigenvalue weighted by molar-refractivity contribution is 5.90. The summed E-state index contributed by atoms with van der Waals surface area (Å²) in [5, 5.41) is 2.68. The molecule has 1 aromatic rings. The second-order valence-corrected chi connectivity index (χ2v) is 7.02. The van der Waals surface area contributed by atoms with Crippen LogP contribution in [0, 0.1) is 0 Å². The van der Waals surface area contributed by atoms with Gasteiger partial charge in [-0.05, 0) is 6.07 Å². The van der Waals surface area contributed by atoms with E-state index in [1.165, 1.54) is 12.4 Å². The van der Waals surface area contributed by atoms with E-state index in [4.69, 9.17) is 43.6 Å². The minimum Gasteiger partial charge on any atom is -0.378 e. The molecule has 0 saturated carbocycles. The Morgan fingerprint density at radius 3 is 1.28 bits per heavy atom. The van der Waals surface area contributed by atoms with Gasteiger partial charge in [0.05, 0.1) is 106 Å². The molecule has 0 saturated heterocycles. The fourth-order valence-electron chi connectivity index (χ4n) is 2.46. The van der Waals surface area contributed by atoms with Crippen LogP contribution in [-0.2, 0) is 37.9 Å². The van der Waals surface area contributed by atoms with Gasteiger partial charge in [0.25, 0.3) is 5.91 Å². The van der Waals surface area contributed by atoms with E-state index in [1.54, 1.807) is 6.07 Å². The normalized spacial score (nSPS) is 11.1. The Morgan fingerprint density at radius 2 is 0.917 bits per heavy atom. The van der Waals surface area contributed by atoms with E-state index < -0.39 is 0 Å². The van der Waals surface area contributed by atoms with E-state index >= 15 is 0 Å². The average Bonchev–Trinajstić information content (AvgIpc) is 2.91. The maximum Gasteiger partial charge on any atom is 0.289 e. The zero-order valence-electron chi connectivity index (χ0n) is 21.1. The van der Waals surface area contributed by atoms with E-state index in [2.05, 4.69) is 15.3 Å². The van der Waals surface area contributed by atoms with E-state index in [0.29, 0.717) is 119 Å². The summed E-state index contributed by atoms with van der Waals surface area (Å²) in [6.07, 6.45) is 3.04. The van der Waals surface area contributed by atoms with Gasteiger partial charge in [-0.15, -0.1) is 0 Å². The molecule has 0 fully saturated rings. The highest BCUT2D eigenvalue weighted by Gasteiger charge is 2.06.